The average molecular weight is 440 g/mol. The first-order valence-corrected chi connectivity index (χ1v) is 10.2. The monoisotopic (exact) mass is 439 g/mol. The number of carbonyl (C=O) groups is 2. The van der Waals surface area contributed by atoms with Crippen molar-refractivity contribution in [2.24, 2.45) is 11.5 Å². The van der Waals surface area contributed by atoms with E-state index >= 15 is 0 Å². The largest absolute Gasteiger partial charge is 0.366 e. The van der Waals surface area contributed by atoms with E-state index in [9.17, 15) is 9.59 Å². The molecule has 3 aromatic carbocycles. The molecule has 152 valence electrons. The van der Waals surface area contributed by atoms with E-state index in [2.05, 4.69) is 5.32 Å². The van der Waals surface area contributed by atoms with E-state index < -0.39 is 5.91 Å². The van der Waals surface area contributed by atoms with Crippen LogP contribution in [-0.4, -0.2) is 24.9 Å². The summed E-state index contributed by atoms with van der Waals surface area (Å²) < 4.78 is 0. The number of amides is 2. The molecule has 0 bridgehead atoms. The van der Waals surface area contributed by atoms with Gasteiger partial charge in [-0.2, -0.15) is 0 Å². The molecule has 0 spiro atoms. The second-order valence-electron chi connectivity index (χ2n) is 7.14. The average Bonchev–Trinajstić information content (AvgIpc) is 3.10. The number of nitrogens with two attached hydrogens (primary N) is 2. The van der Waals surface area contributed by atoms with E-state index in [4.69, 9.17) is 34.7 Å². The quantitative estimate of drug-likeness (QED) is 0.437. The Labute approximate surface area is 184 Å². The molecule has 4 rings (SSSR count). The van der Waals surface area contributed by atoms with Crippen molar-refractivity contribution in [2.75, 3.05) is 13.1 Å². The first-order chi connectivity index (χ1) is 14.4. The summed E-state index contributed by atoms with van der Waals surface area (Å²) >= 11 is 12.2. The van der Waals surface area contributed by atoms with Crippen molar-refractivity contribution in [1.29, 1.82) is 0 Å². The van der Waals surface area contributed by atoms with Crippen LogP contribution in [0.5, 0.6) is 0 Å². The highest BCUT2D eigenvalue weighted by atomic mass is 35.5. The van der Waals surface area contributed by atoms with Crippen LogP contribution in [0.1, 0.15) is 31.8 Å². The third-order valence-corrected chi connectivity index (χ3v) is 5.97. The molecule has 3 aromatic rings. The van der Waals surface area contributed by atoms with Crippen LogP contribution in [0.4, 0.5) is 0 Å². The predicted octanol–water partition coefficient (Wildman–Crippen LogP) is 4.02. The lowest BCUT2D eigenvalue weighted by atomic mass is 9.93. The molecule has 0 saturated heterocycles. The molecule has 5 N–H and O–H groups in total. The number of nitrogens with one attached hydrogen (secondary N) is 1. The van der Waals surface area contributed by atoms with E-state index in [0.29, 0.717) is 40.7 Å². The van der Waals surface area contributed by atoms with Crippen molar-refractivity contribution in [3.63, 3.8) is 0 Å². The molecule has 30 heavy (non-hydrogen) atoms. The van der Waals surface area contributed by atoms with E-state index in [0.717, 1.165) is 33.4 Å². The smallest absolute Gasteiger partial charge is 0.251 e. The van der Waals surface area contributed by atoms with Crippen LogP contribution in [0, 0.1) is 0 Å². The molecule has 5 nitrogen and oxygen atoms in total. The van der Waals surface area contributed by atoms with Crippen molar-refractivity contribution in [1.82, 2.24) is 5.32 Å². The van der Waals surface area contributed by atoms with Gasteiger partial charge in [-0.25, -0.2) is 0 Å². The van der Waals surface area contributed by atoms with Crippen molar-refractivity contribution >= 4 is 35.0 Å². The van der Waals surface area contributed by atoms with Crippen LogP contribution in [0.15, 0.2) is 48.5 Å². The lowest BCUT2D eigenvalue weighted by molar-refractivity contribution is 0.0953. The number of halogens is 2. The Morgan fingerprint density at radius 2 is 1.73 bits per heavy atom. The number of benzene rings is 3. The van der Waals surface area contributed by atoms with Crippen molar-refractivity contribution in [3.8, 4) is 22.3 Å². The minimum absolute atomic E-state index is 0.188. The van der Waals surface area contributed by atoms with Crippen LogP contribution in [0.3, 0.4) is 0 Å². The molecule has 7 heteroatoms. The standard InChI is InChI=1S/C23H19Cl2N3O2/c24-20-4-3-12(11-21(20)25)15-9-17-16-8-14(23(30)28-6-5-26)2-1-13(16)7-18(17)19(10-15)22(27)29/h1-4,8-11H,5-7,26H2,(H2,27,29)(H,28,30). The number of carbonyl (C=O) groups excluding carboxylic acids is 2. The third kappa shape index (κ3) is 3.67. The number of hydrogen-bond donors (Lipinski definition) is 3. The summed E-state index contributed by atoms with van der Waals surface area (Å²) in [6.45, 7) is 0.772. The van der Waals surface area contributed by atoms with Gasteiger partial charge in [-0.1, -0.05) is 35.3 Å². The topological polar surface area (TPSA) is 98.2 Å². The fourth-order valence-corrected chi connectivity index (χ4v) is 4.06. The van der Waals surface area contributed by atoms with Crippen molar-refractivity contribution in [3.05, 3.63) is 80.8 Å². The Bertz CT molecular complexity index is 1190. The van der Waals surface area contributed by atoms with E-state index in [1.54, 1.807) is 24.3 Å². The maximum absolute atomic E-state index is 12.4. The van der Waals surface area contributed by atoms with E-state index in [1.807, 2.05) is 24.3 Å². The fourth-order valence-electron chi connectivity index (χ4n) is 3.77. The summed E-state index contributed by atoms with van der Waals surface area (Å²) in [6.07, 6.45) is 0.579. The van der Waals surface area contributed by atoms with Crippen LogP contribution >= 0.6 is 23.2 Å². The van der Waals surface area contributed by atoms with Gasteiger partial charge in [0.1, 0.15) is 0 Å². The molecule has 0 unspecified atom stereocenters. The second kappa shape index (κ2) is 8.11. The van der Waals surface area contributed by atoms with Gasteiger partial charge >= 0.3 is 0 Å². The van der Waals surface area contributed by atoms with E-state index in [1.165, 1.54) is 0 Å². The van der Waals surface area contributed by atoms with Crippen LogP contribution in [0.2, 0.25) is 10.0 Å². The minimum atomic E-state index is -0.498. The molecule has 0 aromatic heterocycles. The molecule has 1 aliphatic carbocycles. The Kier molecular flexibility index (Phi) is 5.52. The zero-order valence-corrected chi connectivity index (χ0v) is 17.5. The molecule has 0 fully saturated rings. The zero-order chi connectivity index (χ0) is 21.4. The lowest BCUT2D eigenvalue weighted by Gasteiger charge is -2.12. The first kappa shape index (κ1) is 20.4. The summed E-state index contributed by atoms with van der Waals surface area (Å²) in [5.74, 6) is -0.686. The highest BCUT2D eigenvalue weighted by Gasteiger charge is 2.25. The number of rotatable bonds is 5. The second-order valence-corrected chi connectivity index (χ2v) is 7.95. The van der Waals surface area contributed by atoms with Crippen LogP contribution in [-0.2, 0) is 6.42 Å². The number of primary amides is 1. The lowest BCUT2D eigenvalue weighted by Crippen LogP contribution is -2.28. The molecular weight excluding hydrogens is 421 g/mol. The maximum Gasteiger partial charge on any atom is 0.251 e. The molecule has 0 atom stereocenters. The summed E-state index contributed by atoms with van der Waals surface area (Å²) in [6, 6.07) is 14.6. The Balaban J connectivity index is 1.85. The Morgan fingerprint density at radius 3 is 2.43 bits per heavy atom. The van der Waals surface area contributed by atoms with Gasteiger partial charge in [0, 0.05) is 24.2 Å². The first-order valence-electron chi connectivity index (χ1n) is 9.42. The fraction of sp³-hybridized carbons (Fsp3) is 0.130. The Morgan fingerprint density at radius 1 is 0.933 bits per heavy atom. The third-order valence-electron chi connectivity index (χ3n) is 5.23. The highest BCUT2D eigenvalue weighted by molar-refractivity contribution is 6.42. The number of hydrogen-bond acceptors (Lipinski definition) is 3. The summed E-state index contributed by atoms with van der Waals surface area (Å²) in [7, 11) is 0. The van der Waals surface area contributed by atoms with Crippen LogP contribution < -0.4 is 16.8 Å². The maximum atomic E-state index is 12.4. The van der Waals surface area contributed by atoms with Crippen molar-refractivity contribution in [2.45, 2.75) is 6.42 Å². The van der Waals surface area contributed by atoms with E-state index in [-0.39, 0.29) is 5.91 Å². The zero-order valence-electron chi connectivity index (χ0n) is 16.0. The highest BCUT2D eigenvalue weighted by Crippen LogP contribution is 2.42. The van der Waals surface area contributed by atoms with Gasteiger partial charge in [0.25, 0.3) is 5.91 Å². The minimum Gasteiger partial charge on any atom is -0.366 e. The van der Waals surface area contributed by atoms with Crippen molar-refractivity contribution < 1.29 is 9.59 Å². The molecule has 1 aliphatic rings. The molecule has 0 aliphatic heterocycles. The normalized spacial score (nSPS) is 11.7. The van der Waals surface area contributed by atoms with Gasteiger partial charge < -0.3 is 16.8 Å². The van der Waals surface area contributed by atoms with Gasteiger partial charge in [-0.15, -0.1) is 0 Å². The molecule has 0 heterocycles. The Hall–Kier alpha value is -2.86. The van der Waals surface area contributed by atoms with Gasteiger partial charge in [-0.05, 0) is 76.2 Å². The number of fused-ring (bicyclic) bond motifs is 3. The predicted molar refractivity (Wildman–Crippen MR) is 120 cm³/mol. The van der Waals surface area contributed by atoms with Gasteiger partial charge in [0.2, 0.25) is 5.91 Å². The SMILES string of the molecule is NCCNC(=O)c1ccc2c(c1)-c1cc(-c3ccc(Cl)c(Cl)c3)cc(C(N)=O)c1C2. The van der Waals surface area contributed by atoms with Gasteiger partial charge in [0.05, 0.1) is 10.0 Å². The summed E-state index contributed by atoms with van der Waals surface area (Å²) in [4.78, 5) is 24.6. The van der Waals surface area contributed by atoms with Gasteiger partial charge in [0.15, 0.2) is 0 Å². The molecule has 0 radical (unpaired) electrons. The molecular formula is C23H19Cl2N3O2. The summed E-state index contributed by atoms with van der Waals surface area (Å²) in [5.41, 5.74) is 17.5. The van der Waals surface area contributed by atoms with Gasteiger partial charge in [-0.3, -0.25) is 9.59 Å². The summed E-state index contributed by atoms with van der Waals surface area (Å²) in [5, 5.41) is 3.66. The van der Waals surface area contributed by atoms with Crippen LogP contribution in [0.25, 0.3) is 22.3 Å². The molecule has 2 amide bonds. The molecule has 0 saturated carbocycles.